The minimum Gasteiger partial charge on any atom is -0.494 e. The van der Waals surface area contributed by atoms with E-state index in [0.29, 0.717) is 28.9 Å². The van der Waals surface area contributed by atoms with Crippen LogP contribution in [-0.2, 0) is 0 Å². The van der Waals surface area contributed by atoms with E-state index in [1.807, 2.05) is 112 Å². The Morgan fingerprint density at radius 3 is 1.45 bits per heavy atom. The summed E-state index contributed by atoms with van der Waals surface area (Å²) in [6.45, 7) is 10.3. The molecule has 0 saturated heterocycles. The number of carbonyl (C=O) groups excluding carboxylic acids is 2. The molecule has 4 rings (SSSR count). The molecule has 0 saturated carbocycles. The molecule has 4 aromatic rings. The molecule has 0 unspecified atom stereocenters. The maximum Gasteiger partial charge on any atom is 0.193 e. The van der Waals surface area contributed by atoms with Crippen molar-refractivity contribution in [3.8, 4) is 11.5 Å². The fraction of sp³-hybridized carbons (Fsp3) is 0.176. The summed E-state index contributed by atoms with van der Waals surface area (Å²) in [6.07, 6.45) is 2.60. The van der Waals surface area contributed by atoms with E-state index >= 15 is 0 Å². The first-order chi connectivity index (χ1) is 18.3. The number of rotatable bonds is 10. The van der Waals surface area contributed by atoms with Gasteiger partial charge >= 0.3 is 0 Å². The Balaban J connectivity index is 0.000000215. The lowest BCUT2D eigenvalue weighted by Gasteiger charge is -2.25. The highest BCUT2D eigenvalue weighted by molar-refractivity contribution is 6.09. The van der Waals surface area contributed by atoms with E-state index in [1.54, 1.807) is 24.3 Å². The van der Waals surface area contributed by atoms with Crippen molar-refractivity contribution in [1.29, 1.82) is 0 Å². The summed E-state index contributed by atoms with van der Waals surface area (Å²) in [7, 11) is 0. The zero-order chi connectivity index (χ0) is 27.4. The van der Waals surface area contributed by atoms with Gasteiger partial charge in [0.15, 0.2) is 11.6 Å². The molecule has 0 aromatic heterocycles. The highest BCUT2D eigenvalue weighted by atomic mass is 16.5. The SMILES string of the molecule is C=CCC(C)(C)Oc1ccc(C(=O)c2ccccc2)cc1.CCOc1ccc(C(=O)c2ccccc2)cc1. The first-order valence-corrected chi connectivity index (χ1v) is 12.7. The lowest BCUT2D eigenvalue weighted by Crippen LogP contribution is -2.27. The van der Waals surface area contributed by atoms with E-state index in [4.69, 9.17) is 9.47 Å². The van der Waals surface area contributed by atoms with Gasteiger partial charge in [-0.2, -0.15) is 0 Å². The number of ether oxygens (including phenoxy) is 2. The third kappa shape index (κ3) is 8.31. The molecule has 0 heterocycles. The van der Waals surface area contributed by atoms with Crippen molar-refractivity contribution < 1.29 is 19.1 Å². The van der Waals surface area contributed by atoms with E-state index < -0.39 is 0 Å². The van der Waals surface area contributed by atoms with Gasteiger partial charge < -0.3 is 9.47 Å². The second-order valence-corrected chi connectivity index (χ2v) is 9.23. The van der Waals surface area contributed by atoms with Gasteiger partial charge in [-0.15, -0.1) is 6.58 Å². The summed E-state index contributed by atoms with van der Waals surface area (Å²) < 4.78 is 11.2. The van der Waals surface area contributed by atoms with Gasteiger partial charge in [-0.1, -0.05) is 66.7 Å². The average Bonchev–Trinajstić information content (AvgIpc) is 2.94. The standard InChI is InChI=1S/C19H20O2.C15H14O2/c1-4-14-19(2,3)21-17-12-10-16(11-13-17)18(20)15-8-6-5-7-9-15;1-2-17-14-10-8-13(9-11-14)15(16)12-6-4-3-5-7-12/h4-13H,1,14H2,2-3H3;3-11H,2H2,1H3. The smallest absolute Gasteiger partial charge is 0.193 e. The number of ketones is 2. The molecule has 0 N–H and O–H groups in total. The monoisotopic (exact) mass is 506 g/mol. The molecule has 0 aliphatic rings. The van der Waals surface area contributed by atoms with Gasteiger partial charge in [0.1, 0.15) is 17.1 Å². The molecule has 38 heavy (non-hydrogen) atoms. The first kappa shape index (κ1) is 28.1. The van der Waals surface area contributed by atoms with Crippen LogP contribution >= 0.6 is 0 Å². The summed E-state index contributed by atoms with van der Waals surface area (Å²) in [4.78, 5) is 24.4. The van der Waals surface area contributed by atoms with Crippen molar-refractivity contribution in [3.63, 3.8) is 0 Å². The van der Waals surface area contributed by atoms with Gasteiger partial charge in [-0.25, -0.2) is 0 Å². The van der Waals surface area contributed by atoms with Gasteiger partial charge in [-0.3, -0.25) is 9.59 Å². The lowest BCUT2D eigenvalue weighted by atomic mass is 10.0. The molecule has 0 aliphatic heterocycles. The second-order valence-electron chi connectivity index (χ2n) is 9.23. The number of hydrogen-bond donors (Lipinski definition) is 0. The van der Waals surface area contributed by atoms with Gasteiger partial charge in [0, 0.05) is 28.7 Å². The van der Waals surface area contributed by atoms with Crippen LogP contribution in [0.4, 0.5) is 0 Å². The molecule has 0 amide bonds. The molecule has 0 fully saturated rings. The summed E-state index contributed by atoms with van der Waals surface area (Å²) in [6, 6.07) is 33.0. The number of hydrogen-bond acceptors (Lipinski definition) is 4. The lowest BCUT2D eigenvalue weighted by molar-refractivity contribution is 0.103. The largest absolute Gasteiger partial charge is 0.494 e. The summed E-state index contributed by atoms with van der Waals surface area (Å²) in [5.74, 6) is 1.60. The van der Waals surface area contributed by atoms with Crippen LogP contribution in [0, 0.1) is 0 Å². The molecular formula is C34H34O4. The Labute approximate surface area is 225 Å². The predicted octanol–water partition coefficient (Wildman–Crippen LogP) is 7.97. The Bertz CT molecular complexity index is 1310. The number of carbonyl (C=O) groups is 2. The maximum atomic E-state index is 12.3. The Kier molecular flexibility index (Phi) is 10.2. The zero-order valence-corrected chi connectivity index (χ0v) is 22.2. The van der Waals surface area contributed by atoms with Gasteiger partial charge in [-0.05, 0) is 69.3 Å². The highest BCUT2D eigenvalue weighted by Crippen LogP contribution is 2.22. The molecule has 0 bridgehead atoms. The molecule has 0 spiro atoms. The van der Waals surface area contributed by atoms with E-state index in [1.165, 1.54) is 0 Å². The normalized spacial score (nSPS) is 10.5. The quantitative estimate of drug-likeness (QED) is 0.162. The van der Waals surface area contributed by atoms with Crippen LogP contribution < -0.4 is 9.47 Å². The van der Waals surface area contributed by atoms with Gasteiger partial charge in [0.25, 0.3) is 0 Å². The average molecular weight is 507 g/mol. The van der Waals surface area contributed by atoms with Crippen LogP contribution in [0.25, 0.3) is 0 Å². The predicted molar refractivity (Wildman–Crippen MR) is 153 cm³/mol. The van der Waals surface area contributed by atoms with Crippen LogP contribution in [0.3, 0.4) is 0 Å². The van der Waals surface area contributed by atoms with Crippen molar-refractivity contribution in [2.24, 2.45) is 0 Å². The molecule has 0 atom stereocenters. The van der Waals surface area contributed by atoms with Gasteiger partial charge in [0.05, 0.1) is 6.61 Å². The zero-order valence-electron chi connectivity index (χ0n) is 22.2. The first-order valence-electron chi connectivity index (χ1n) is 12.7. The van der Waals surface area contributed by atoms with Crippen molar-refractivity contribution in [2.45, 2.75) is 32.8 Å². The van der Waals surface area contributed by atoms with Crippen molar-refractivity contribution >= 4 is 11.6 Å². The van der Waals surface area contributed by atoms with E-state index in [9.17, 15) is 9.59 Å². The molecular weight excluding hydrogens is 472 g/mol. The molecule has 194 valence electrons. The fourth-order valence-corrected chi connectivity index (χ4v) is 3.76. The third-order valence-electron chi connectivity index (χ3n) is 5.65. The third-order valence-corrected chi connectivity index (χ3v) is 5.65. The molecule has 0 radical (unpaired) electrons. The van der Waals surface area contributed by atoms with E-state index in [2.05, 4.69) is 6.58 Å². The summed E-state index contributed by atoms with van der Waals surface area (Å²) in [5.41, 5.74) is 2.44. The Hall–Kier alpha value is -4.44. The molecule has 4 heteroatoms. The topological polar surface area (TPSA) is 52.6 Å². The molecule has 4 aromatic carbocycles. The molecule has 0 aliphatic carbocycles. The highest BCUT2D eigenvalue weighted by Gasteiger charge is 2.18. The Morgan fingerprint density at radius 1 is 0.658 bits per heavy atom. The summed E-state index contributed by atoms with van der Waals surface area (Å²) in [5, 5.41) is 0. The van der Waals surface area contributed by atoms with Crippen molar-refractivity contribution in [2.75, 3.05) is 6.61 Å². The minimum atomic E-state index is -0.299. The maximum absolute atomic E-state index is 12.3. The fourth-order valence-electron chi connectivity index (χ4n) is 3.76. The Morgan fingerprint density at radius 2 is 1.05 bits per heavy atom. The van der Waals surface area contributed by atoms with Crippen LogP contribution in [0.2, 0.25) is 0 Å². The second kappa shape index (κ2) is 13.8. The summed E-state index contributed by atoms with van der Waals surface area (Å²) >= 11 is 0. The van der Waals surface area contributed by atoms with Crippen molar-refractivity contribution in [3.05, 3.63) is 144 Å². The van der Waals surface area contributed by atoms with Crippen LogP contribution in [0.1, 0.15) is 59.0 Å². The van der Waals surface area contributed by atoms with Crippen LogP contribution in [0.5, 0.6) is 11.5 Å². The molecule has 4 nitrogen and oxygen atoms in total. The van der Waals surface area contributed by atoms with Crippen LogP contribution in [-0.4, -0.2) is 23.8 Å². The van der Waals surface area contributed by atoms with E-state index in [0.717, 1.165) is 17.9 Å². The van der Waals surface area contributed by atoms with Crippen LogP contribution in [0.15, 0.2) is 122 Å². The van der Waals surface area contributed by atoms with Crippen molar-refractivity contribution in [1.82, 2.24) is 0 Å². The minimum absolute atomic E-state index is 0.0208. The number of benzene rings is 4. The van der Waals surface area contributed by atoms with E-state index in [-0.39, 0.29) is 17.2 Å². The van der Waals surface area contributed by atoms with Gasteiger partial charge in [0.2, 0.25) is 0 Å².